The molecule has 0 radical (unpaired) electrons. The van der Waals surface area contributed by atoms with E-state index in [9.17, 15) is 9.59 Å². The Kier molecular flexibility index (Phi) is 6.58. The van der Waals surface area contributed by atoms with Crippen LogP contribution in [0, 0.1) is 0 Å². The highest BCUT2D eigenvalue weighted by atomic mass is 16.5. The zero-order valence-electron chi connectivity index (χ0n) is 18.1. The van der Waals surface area contributed by atoms with Crippen molar-refractivity contribution in [1.82, 2.24) is 15.1 Å². The van der Waals surface area contributed by atoms with E-state index in [2.05, 4.69) is 11.9 Å². The largest absolute Gasteiger partial charge is 0.494 e. The van der Waals surface area contributed by atoms with Gasteiger partial charge in [0.05, 0.1) is 56.8 Å². The molecule has 0 unspecified atom stereocenters. The lowest BCUT2D eigenvalue weighted by Crippen LogP contribution is -3.14. The zero-order valence-corrected chi connectivity index (χ0v) is 18.1. The highest BCUT2D eigenvalue weighted by Crippen LogP contribution is 2.36. The fourth-order valence-corrected chi connectivity index (χ4v) is 4.43. The molecule has 3 aliphatic rings. The van der Waals surface area contributed by atoms with Crippen LogP contribution in [-0.4, -0.2) is 80.8 Å². The Balaban J connectivity index is 1.56. The van der Waals surface area contributed by atoms with Crippen molar-refractivity contribution in [2.24, 2.45) is 0 Å². The van der Waals surface area contributed by atoms with Crippen LogP contribution in [0.1, 0.15) is 18.5 Å². The Morgan fingerprint density at radius 1 is 1.26 bits per heavy atom. The Morgan fingerprint density at radius 3 is 2.68 bits per heavy atom. The second kappa shape index (κ2) is 9.53. The molecule has 0 aliphatic carbocycles. The second-order valence-electron chi connectivity index (χ2n) is 7.98. The maximum absolute atomic E-state index is 13.4. The molecule has 3 aliphatic heterocycles. The molecule has 4 rings (SSSR count). The number of carbonyl (C=O) groups is 2. The van der Waals surface area contributed by atoms with Gasteiger partial charge < -0.3 is 24.6 Å². The predicted octanol–water partition coefficient (Wildman–Crippen LogP) is 0.349. The molecule has 0 bridgehead atoms. The Labute approximate surface area is 183 Å². The molecule has 1 saturated heterocycles. The molecule has 2 N–H and O–H groups in total. The normalized spacial score (nSPS) is 21.9. The van der Waals surface area contributed by atoms with Crippen LogP contribution in [0.25, 0.3) is 0 Å². The summed E-state index contributed by atoms with van der Waals surface area (Å²) in [6, 6.07) is 6.91. The Morgan fingerprint density at radius 2 is 2.00 bits per heavy atom. The summed E-state index contributed by atoms with van der Waals surface area (Å²) in [5.74, 6) is 0.763. The highest BCUT2D eigenvalue weighted by Gasteiger charge is 2.43. The summed E-state index contributed by atoms with van der Waals surface area (Å²) in [5, 5.41) is 3.02. The van der Waals surface area contributed by atoms with Gasteiger partial charge in [0.2, 0.25) is 0 Å². The van der Waals surface area contributed by atoms with Gasteiger partial charge in [-0.25, -0.2) is 4.79 Å². The van der Waals surface area contributed by atoms with Gasteiger partial charge in [0.15, 0.2) is 0 Å². The summed E-state index contributed by atoms with van der Waals surface area (Å²) in [6.07, 6.45) is 1.69. The van der Waals surface area contributed by atoms with Crippen LogP contribution >= 0.6 is 0 Å². The van der Waals surface area contributed by atoms with E-state index >= 15 is 0 Å². The van der Waals surface area contributed by atoms with Crippen LogP contribution in [0.5, 0.6) is 5.75 Å². The number of morpholine rings is 1. The van der Waals surface area contributed by atoms with Crippen LogP contribution in [0.3, 0.4) is 0 Å². The van der Waals surface area contributed by atoms with E-state index in [0.717, 1.165) is 49.9 Å². The maximum Gasteiger partial charge on any atom is 0.322 e. The first-order valence-electron chi connectivity index (χ1n) is 11.0. The number of nitrogens with one attached hydrogen (secondary N) is 2. The summed E-state index contributed by atoms with van der Waals surface area (Å²) in [6.45, 7) is 12.1. The van der Waals surface area contributed by atoms with E-state index in [0.29, 0.717) is 31.8 Å². The van der Waals surface area contributed by atoms with Gasteiger partial charge in [-0.2, -0.15) is 0 Å². The van der Waals surface area contributed by atoms with Crippen molar-refractivity contribution in [3.05, 3.63) is 53.8 Å². The van der Waals surface area contributed by atoms with E-state index in [1.807, 2.05) is 36.1 Å². The molecule has 3 amide bonds. The third-order valence-electron chi connectivity index (χ3n) is 6.07. The molecule has 0 saturated carbocycles. The summed E-state index contributed by atoms with van der Waals surface area (Å²) in [4.78, 5) is 31.2. The van der Waals surface area contributed by atoms with Gasteiger partial charge in [0.1, 0.15) is 18.8 Å². The topological polar surface area (TPSA) is 75.6 Å². The van der Waals surface area contributed by atoms with Crippen LogP contribution in [0.4, 0.5) is 4.79 Å². The van der Waals surface area contributed by atoms with E-state index in [-0.39, 0.29) is 11.9 Å². The quantitative estimate of drug-likeness (QED) is 0.587. The Hall–Kier alpha value is -2.84. The molecular formula is C23H31N4O4+. The molecule has 1 atom stereocenters. The molecule has 0 aromatic heterocycles. The SMILES string of the molecule is C=CCN1C(=O)N[C@H](c2ccc(OCC)cc2)C2=C1CN(CC[NH+]1CCOCC1)C2=O. The summed E-state index contributed by atoms with van der Waals surface area (Å²) >= 11 is 0. The van der Waals surface area contributed by atoms with Gasteiger partial charge in [0.25, 0.3) is 5.91 Å². The molecule has 8 nitrogen and oxygen atoms in total. The summed E-state index contributed by atoms with van der Waals surface area (Å²) in [7, 11) is 0. The van der Waals surface area contributed by atoms with Crippen molar-refractivity contribution in [2.45, 2.75) is 13.0 Å². The Bertz CT molecular complexity index is 861. The van der Waals surface area contributed by atoms with E-state index in [4.69, 9.17) is 9.47 Å². The lowest BCUT2D eigenvalue weighted by atomic mass is 9.95. The number of benzene rings is 1. The molecule has 3 heterocycles. The van der Waals surface area contributed by atoms with Crippen LogP contribution in [0.2, 0.25) is 0 Å². The number of nitrogens with zero attached hydrogens (tertiary/aromatic N) is 2. The van der Waals surface area contributed by atoms with Crippen LogP contribution in [0.15, 0.2) is 48.2 Å². The molecular weight excluding hydrogens is 396 g/mol. The van der Waals surface area contributed by atoms with Gasteiger partial charge in [-0.15, -0.1) is 6.58 Å². The summed E-state index contributed by atoms with van der Waals surface area (Å²) < 4.78 is 11.0. The number of ether oxygens (including phenoxy) is 2. The van der Waals surface area contributed by atoms with Crippen molar-refractivity contribution in [3.8, 4) is 5.75 Å². The van der Waals surface area contributed by atoms with E-state index < -0.39 is 6.04 Å². The third-order valence-corrected chi connectivity index (χ3v) is 6.07. The van der Waals surface area contributed by atoms with Crippen molar-refractivity contribution >= 4 is 11.9 Å². The van der Waals surface area contributed by atoms with Crippen LogP contribution in [-0.2, 0) is 9.53 Å². The second-order valence-corrected chi connectivity index (χ2v) is 7.98. The number of carbonyl (C=O) groups excluding carboxylic acids is 2. The first-order chi connectivity index (χ1) is 15.1. The maximum atomic E-state index is 13.4. The van der Waals surface area contributed by atoms with Gasteiger partial charge in [-0.05, 0) is 24.6 Å². The minimum atomic E-state index is -0.465. The monoisotopic (exact) mass is 427 g/mol. The minimum absolute atomic E-state index is 0.00407. The first-order valence-corrected chi connectivity index (χ1v) is 11.0. The van der Waals surface area contributed by atoms with Gasteiger partial charge in [0, 0.05) is 6.54 Å². The first kappa shape index (κ1) is 21.4. The fraction of sp³-hybridized carbons (Fsp3) is 0.478. The molecule has 1 fully saturated rings. The van der Waals surface area contributed by atoms with Crippen molar-refractivity contribution in [3.63, 3.8) is 0 Å². The molecule has 166 valence electrons. The lowest BCUT2D eigenvalue weighted by Gasteiger charge is -2.33. The number of hydrogen-bond donors (Lipinski definition) is 2. The predicted molar refractivity (Wildman–Crippen MR) is 116 cm³/mol. The number of hydrogen-bond acceptors (Lipinski definition) is 4. The van der Waals surface area contributed by atoms with Gasteiger partial charge in [-0.1, -0.05) is 18.2 Å². The van der Waals surface area contributed by atoms with Gasteiger partial charge >= 0.3 is 6.03 Å². The lowest BCUT2D eigenvalue weighted by molar-refractivity contribution is -0.907. The molecule has 1 aromatic rings. The third kappa shape index (κ3) is 4.45. The van der Waals surface area contributed by atoms with Crippen molar-refractivity contribution < 1.29 is 24.0 Å². The van der Waals surface area contributed by atoms with E-state index in [1.54, 1.807) is 11.0 Å². The van der Waals surface area contributed by atoms with Crippen molar-refractivity contribution in [1.29, 1.82) is 0 Å². The van der Waals surface area contributed by atoms with Crippen molar-refractivity contribution in [2.75, 3.05) is 59.1 Å². The smallest absolute Gasteiger partial charge is 0.322 e. The average Bonchev–Trinajstić information content (AvgIpc) is 3.12. The number of quaternary nitrogens is 1. The van der Waals surface area contributed by atoms with Crippen LogP contribution < -0.4 is 15.0 Å². The average molecular weight is 428 g/mol. The van der Waals surface area contributed by atoms with E-state index in [1.165, 1.54) is 4.90 Å². The zero-order chi connectivity index (χ0) is 21.8. The minimum Gasteiger partial charge on any atom is -0.494 e. The number of amides is 3. The standard InChI is InChI=1S/C23H30N4O4/c1-3-9-27-19-16-26(11-10-25-12-14-30-15-13-25)22(28)20(19)21(24-23(27)29)17-5-7-18(8-6-17)31-4-2/h3,5-8,21H,1,4,9-16H2,2H3,(H,24,29)/p+1/t21-/m1/s1. The molecule has 1 aromatic carbocycles. The number of urea groups is 1. The fourth-order valence-electron chi connectivity index (χ4n) is 4.43. The summed E-state index contributed by atoms with van der Waals surface area (Å²) in [5.41, 5.74) is 2.31. The molecule has 31 heavy (non-hydrogen) atoms. The highest BCUT2D eigenvalue weighted by molar-refractivity contribution is 6.01. The van der Waals surface area contributed by atoms with Gasteiger partial charge in [-0.3, -0.25) is 9.69 Å². The number of rotatable bonds is 8. The molecule has 0 spiro atoms. The molecule has 8 heteroatoms.